The van der Waals surface area contributed by atoms with Gasteiger partial charge in [0.1, 0.15) is 0 Å². The van der Waals surface area contributed by atoms with Gasteiger partial charge in [0.15, 0.2) is 0 Å². The Kier molecular flexibility index (Phi) is 2.70. The molecule has 2 fully saturated rings. The Morgan fingerprint density at radius 3 is 2.42 bits per heavy atom. The molecule has 1 aliphatic carbocycles. The van der Waals surface area contributed by atoms with Crippen molar-refractivity contribution in [2.75, 3.05) is 6.54 Å². The maximum absolute atomic E-state index is 3.61. The van der Waals surface area contributed by atoms with Crippen LogP contribution >= 0.6 is 0 Å². The van der Waals surface area contributed by atoms with E-state index in [1.54, 1.807) is 0 Å². The average Bonchev–Trinajstić information content (AvgIpc) is 2.03. The van der Waals surface area contributed by atoms with Crippen LogP contribution in [0, 0.1) is 10.8 Å². The van der Waals surface area contributed by atoms with Crippen LogP contribution in [0.5, 0.6) is 0 Å². The van der Waals surface area contributed by atoms with Crippen LogP contribution in [-0.4, -0.2) is 31.4 Å². The van der Waals surface area contributed by atoms with E-state index in [0.717, 1.165) is 6.04 Å². The minimum atomic E-state index is 0. The molecular formula is C10H19LiN. The molecule has 1 N–H and O–H groups in total. The second kappa shape index (κ2) is 3.05. The third-order valence-corrected chi connectivity index (χ3v) is 3.26. The molecule has 1 nitrogen and oxygen atoms in total. The van der Waals surface area contributed by atoms with E-state index < -0.39 is 0 Å². The fraction of sp³-hybridized carbons (Fsp3) is 1.00. The Morgan fingerprint density at radius 2 is 1.83 bits per heavy atom. The fourth-order valence-corrected chi connectivity index (χ4v) is 3.30. The number of hydrogen-bond donors (Lipinski definition) is 1. The van der Waals surface area contributed by atoms with Crippen LogP contribution in [0.25, 0.3) is 0 Å². The minimum Gasteiger partial charge on any atom is -0.313 e. The van der Waals surface area contributed by atoms with Crippen molar-refractivity contribution in [2.24, 2.45) is 10.8 Å². The first-order valence-corrected chi connectivity index (χ1v) is 4.73. The van der Waals surface area contributed by atoms with E-state index in [1.165, 1.54) is 25.8 Å². The summed E-state index contributed by atoms with van der Waals surface area (Å²) < 4.78 is 0. The molecule has 0 aromatic carbocycles. The number of rotatable bonds is 0. The normalized spacial score (nSPS) is 43.8. The standard InChI is InChI=1S/C10H19N.Li/c1-9(2)4-8-5-10(3,6-9)7-11-8;/h8,11H,4-7H2,1-3H3;. The summed E-state index contributed by atoms with van der Waals surface area (Å²) in [5.74, 6) is 0. The van der Waals surface area contributed by atoms with E-state index in [4.69, 9.17) is 0 Å². The molecule has 0 spiro atoms. The molecule has 1 radical (unpaired) electrons. The van der Waals surface area contributed by atoms with Crippen LogP contribution in [0.2, 0.25) is 0 Å². The molecule has 0 aromatic rings. The molecule has 65 valence electrons. The first kappa shape index (κ1) is 10.6. The molecule has 1 aliphatic heterocycles. The van der Waals surface area contributed by atoms with Crippen molar-refractivity contribution in [3.63, 3.8) is 0 Å². The van der Waals surface area contributed by atoms with Gasteiger partial charge in [-0.2, -0.15) is 0 Å². The van der Waals surface area contributed by atoms with Gasteiger partial charge in [-0.1, -0.05) is 20.8 Å². The molecule has 2 aliphatic rings. The van der Waals surface area contributed by atoms with Crippen molar-refractivity contribution in [1.29, 1.82) is 0 Å². The van der Waals surface area contributed by atoms with E-state index in [1.807, 2.05) is 0 Å². The van der Waals surface area contributed by atoms with Gasteiger partial charge in [0.25, 0.3) is 0 Å². The Morgan fingerprint density at radius 1 is 1.17 bits per heavy atom. The summed E-state index contributed by atoms with van der Waals surface area (Å²) in [5, 5.41) is 3.61. The third kappa shape index (κ3) is 1.90. The summed E-state index contributed by atoms with van der Waals surface area (Å²) in [6.07, 6.45) is 4.20. The maximum Gasteiger partial charge on any atom is 0.00780 e. The van der Waals surface area contributed by atoms with Crippen LogP contribution in [0.4, 0.5) is 0 Å². The predicted octanol–water partition coefficient (Wildman–Crippen LogP) is 1.79. The second-order valence-corrected chi connectivity index (χ2v) is 5.64. The van der Waals surface area contributed by atoms with Gasteiger partial charge in [-0.25, -0.2) is 0 Å². The smallest absolute Gasteiger partial charge is 0.00780 e. The fourth-order valence-electron chi connectivity index (χ4n) is 3.30. The summed E-state index contributed by atoms with van der Waals surface area (Å²) in [6, 6.07) is 0.823. The second-order valence-electron chi connectivity index (χ2n) is 5.64. The summed E-state index contributed by atoms with van der Waals surface area (Å²) in [7, 11) is 0. The SMILES string of the molecule is CC1(C)CC2CC(C)(CN2)C1.[Li]. The molecule has 0 amide bonds. The largest absolute Gasteiger partial charge is 0.313 e. The molecule has 0 aromatic heterocycles. The summed E-state index contributed by atoms with van der Waals surface area (Å²) >= 11 is 0. The molecule has 1 saturated carbocycles. The monoisotopic (exact) mass is 160 g/mol. The van der Waals surface area contributed by atoms with Crippen LogP contribution in [0.1, 0.15) is 40.0 Å². The van der Waals surface area contributed by atoms with Crippen LogP contribution < -0.4 is 5.32 Å². The van der Waals surface area contributed by atoms with Crippen LogP contribution in [-0.2, 0) is 0 Å². The van der Waals surface area contributed by atoms with E-state index in [0.29, 0.717) is 10.8 Å². The Bertz CT molecular complexity index is 179. The Hall–Kier alpha value is 0.557. The van der Waals surface area contributed by atoms with Crippen molar-refractivity contribution >= 4 is 18.9 Å². The van der Waals surface area contributed by atoms with E-state index in [2.05, 4.69) is 26.1 Å². The molecule has 12 heavy (non-hydrogen) atoms. The first-order chi connectivity index (χ1) is 4.99. The average molecular weight is 160 g/mol. The molecule has 2 bridgehead atoms. The van der Waals surface area contributed by atoms with Gasteiger partial charge in [-0.3, -0.25) is 0 Å². The van der Waals surface area contributed by atoms with Gasteiger partial charge in [0, 0.05) is 31.4 Å². The molecule has 2 heteroatoms. The van der Waals surface area contributed by atoms with Gasteiger partial charge in [0.2, 0.25) is 0 Å². The summed E-state index contributed by atoms with van der Waals surface area (Å²) in [5.41, 5.74) is 1.20. The van der Waals surface area contributed by atoms with Crippen LogP contribution in [0.15, 0.2) is 0 Å². The predicted molar refractivity (Wildman–Crippen MR) is 53.3 cm³/mol. The number of hydrogen-bond acceptors (Lipinski definition) is 1. The Labute approximate surface area is 87.9 Å². The third-order valence-electron chi connectivity index (χ3n) is 3.26. The summed E-state index contributed by atoms with van der Waals surface area (Å²) in [6.45, 7) is 8.50. The molecular weight excluding hydrogens is 141 g/mol. The van der Waals surface area contributed by atoms with Gasteiger partial charge in [0.05, 0.1) is 0 Å². The minimum absolute atomic E-state index is 0. The van der Waals surface area contributed by atoms with Crippen molar-refractivity contribution in [2.45, 2.75) is 46.1 Å². The molecule has 1 heterocycles. The van der Waals surface area contributed by atoms with Gasteiger partial charge < -0.3 is 5.32 Å². The van der Waals surface area contributed by atoms with Crippen molar-refractivity contribution in [1.82, 2.24) is 5.32 Å². The molecule has 1 saturated heterocycles. The van der Waals surface area contributed by atoms with E-state index in [9.17, 15) is 0 Å². The topological polar surface area (TPSA) is 12.0 Å². The zero-order valence-corrected chi connectivity index (χ0v) is 8.91. The first-order valence-electron chi connectivity index (χ1n) is 4.73. The maximum atomic E-state index is 3.61. The van der Waals surface area contributed by atoms with Gasteiger partial charge in [-0.15, -0.1) is 0 Å². The van der Waals surface area contributed by atoms with Gasteiger partial charge in [-0.05, 0) is 30.1 Å². The number of nitrogens with one attached hydrogen (secondary N) is 1. The van der Waals surface area contributed by atoms with Crippen molar-refractivity contribution in [3.8, 4) is 0 Å². The zero-order valence-electron chi connectivity index (χ0n) is 8.91. The zero-order chi connectivity index (χ0) is 8.11. The molecule has 2 unspecified atom stereocenters. The Balaban J connectivity index is 0.000000720. The molecule has 2 atom stereocenters. The van der Waals surface area contributed by atoms with Crippen molar-refractivity contribution < 1.29 is 0 Å². The van der Waals surface area contributed by atoms with Gasteiger partial charge >= 0.3 is 0 Å². The van der Waals surface area contributed by atoms with Crippen molar-refractivity contribution in [3.05, 3.63) is 0 Å². The van der Waals surface area contributed by atoms with E-state index >= 15 is 0 Å². The molecule has 2 rings (SSSR count). The number of fused-ring (bicyclic) bond motifs is 2. The quantitative estimate of drug-likeness (QED) is 0.533. The van der Waals surface area contributed by atoms with E-state index in [-0.39, 0.29) is 18.9 Å². The summed E-state index contributed by atoms with van der Waals surface area (Å²) in [4.78, 5) is 0. The van der Waals surface area contributed by atoms with Crippen LogP contribution in [0.3, 0.4) is 0 Å².